The molecular formula is C18H15FN2O. The lowest BCUT2D eigenvalue weighted by molar-refractivity contribution is 0.309. The zero-order chi connectivity index (χ0) is 15.2. The summed E-state index contributed by atoms with van der Waals surface area (Å²) in [5.74, 6) is 0.354. The zero-order valence-corrected chi connectivity index (χ0v) is 11.9. The Morgan fingerprint density at radius 2 is 1.73 bits per heavy atom. The van der Waals surface area contributed by atoms with Crippen LogP contribution < -0.4 is 4.74 Å². The summed E-state index contributed by atoms with van der Waals surface area (Å²) in [6, 6.07) is 14.1. The minimum Gasteiger partial charge on any atom is -0.477 e. The van der Waals surface area contributed by atoms with Gasteiger partial charge in [-0.1, -0.05) is 18.2 Å². The number of nitrogens with zero attached hydrogens (tertiary/aromatic N) is 2. The van der Waals surface area contributed by atoms with Gasteiger partial charge >= 0.3 is 0 Å². The van der Waals surface area contributed by atoms with E-state index >= 15 is 0 Å². The van der Waals surface area contributed by atoms with Gasteiger partial charge in [0.25, 0.3) is 0 Å². The van der Waals surface area contributed by atoms with Gasteiger partial charge in [0.15, 0.2) is 0 Å². The molecule has 4 heteroatoms. The molecule has 3 aromatic rings. The van der Waals surface area contributed by atoms with Crippen LogP contribution in [0.5, 0.6) is 5.88 Å². The van der Waals surface area contributed by atoms with E-state index in [4.69, 9.17) is 4.74 Å². The van der Waals surface area contributed by atoms with E-state index in [0.29, 0.717) is 18.9 Å². The van der Waals surface area contributed by atoms with Crippen LogP contribution in [0.15, 0.2) is 67.1 Å². The minimum atomic E-state index is -0.225. The van der Waals surface area contributed by atoms with Crippen molar-refractivity contribution in [3.05, 3.63) is 78.5 Å². The fourth-order valence-corrected chi connectivity index (χ4v) is 2.09. The van der Waals surface area contributed by atoms with Crippen molar-refractivity contribution in [2.24, 2.45) is 0 Å². The van der Waals surface area contributed by atoms with Gasteiger partial charge in [-0.05, 0) is 29.8 Å². The molecule has 22 heavy (non-hydrogen) atoms. The van der Waals surface area contributed by atoms with Crippen LogP contribution in [0, 0.1) is 5.82 Å². The van der Waals surface area contributed by atoms with Crippen molar-refractivity contribution >= 4 is 0 Å². The Kier molecular flexibility index (Phi) is 4.39. The van der Waals surface area contributed by atoms with Gasteiger partial charge < -0.3 is 4.74 Å². The van der Waals surface area contributed by atoms with Crippen molar-refractivity contribution in [3.63, 3.8) is 0 Å². The zero-order valence-electron chi connectivity index (χ0n) is 11.9. The highest BCUT2D eigenvalue weighted by Gasteiger charge is 2.00. The molecule has 3 nitrogen and oxygen atoms in total. The third kappa shape index (κ3) is 3.67. The molecule has 0 spiro atoms. The lowest BCUT2D eigenvalue weighted by atomic mass is 10.1. The first-order valence-electron chi connectivity index (χ1n) is 7.05. The van der Waals surface area contributed by atoms with Crippen molar-refractivity contribution < 1.29 is 9.13 Å². The summed E-state index contributed by atoms with van der Waals surface area (Å²) in [5.41, 5.74) is 3.06. The fourth-order valence-electron chi connectivity index (χ4n) is 2.09. The molecule has 0 aliphatic carbocycles. The highest BCUT2D eigenvalue weighted by molar-refractivity contribution is 5.61. The van der Waals surface area contributed by atoms with Crippen LogP contribution >= 0.6 is 0 Å². The van der Waals surface area contributed by atoms with Gasteiger partial charge in [0.2, 0.25) is 5.88 Å². The van der Waals surface area contributed by atoms with E-state index in [-0.39, 0.29) is 5.82 Å². The van der Waals surface area contributed by atoms with Crippen LogP contribution in [0.1, 0.15) is 5.56 Å². The second-order valence-corrected chi connectivity index (χ2v) is 4.85. The van der Waals surface area contributed by atoms with Crippen LogP contribution in [0.4, 0.5) is 4.39 Å². The van der Waals surface area contributed by atoms with E-state index in [2.05, 4.69) is 9.97 Å². The standard InChI is InChI=1S/C18H15FN2O/c19-17-6-3-14(4-7-17)9-11-22-18-8-5-16(13-21-18)15-2-1-10-20-12-15/h1-8,10,12-13H,9,11H2. The molecule has 3 rings (SSSR count). The quantitative estimate of drug-likeness (QED) is 0.715. The summed E-state index contributed by atoms with van der Waals surface area (Å²) < 4.78 is 18.4. The third-order valence-electron chi connectivity index (χ3n) is 3.29. The molecule has 0 atom stereocenters. The summed E-state index contributed by atoms with van der Waals surface area (Å²) in [7, 11) is 0. The Labute approximate surface area is 128 Å². The second-order valence-electron chi connectivity index (χ2n) is 4.85. The lowest BCUT2D eigenvalue weighted by Crippen LogP contribution is -2.02. The lowest BCUT2D eigenvalue weighted by Gasteiger charge is -2.06. The maximum Gasteiger partial charge on any atom is 0.213 e. The van der Waals surface area contributed by atoms with E-state index in [1.807, 2.05) is 24.3 Å². The molecule has 0 aliphatic heterocycles. The van der Waals surface area contributed by atoms with Crippen molar-refractivity contribution in [3.8, 4) is 17.0 Å². The molecule has 0 fully saturated rings. The Morgan fingerprint density at radius 3 is 2.41 bits per heavy atom. The highest BCUT2D eigenvalue weighted by atomic mass is 19.1. The number of aromatic nitrogens is 2. The van der Waals surface area contributed by atoms with Crippen molar-refractivity contribution in [1.29, 1.82) is 0 Å². The van der Waals surface area contributed by atoms with Gasteiger partial charge in [-0.3, -0.25) is 4.98 Å². The molecule has 0 saturated heterocycles. The second kappa shape index (κ2) is 6.80. The van der Waals surface area contributed by atoms with E-state index in [1.54, 1.807) is 30.7 Å². The third-order valence-corrected chi connectivity index (χ3v) is 3.29. The van der Waals surface area contributed by atoms with Gasteiger partial charge in [-0.2, -0.15) is 0 Å². The van der Waals surface area contributed by atoms with E-state index in [9.17, 15) is 4.39 Å². The number of pyridine rings is 2. The van der Waals surface area contributed by atoms with Crippen LogP contribution in [-0.2, 0) is 6.42 Å². The summed E-state index contributed by atoms with van der Waals surface area (Å²) in [4.78, 5) is 8.38. The van der Waals surface area contributed by atoms with Crippen LogP contribution in [0.25, 0.3) is 11.1 Å². The number of hydrogen-bond acceptors (Lipinski definition) is 3. The summed E-state index contributed by atoms with van der Waals surface area (Å²) in [5, 5.41) is 0. The van der Waals surface area contributed by atoms with Crippen LogP contribution in [0.3, 0.4) is 0 Å². The van der Waals surface area contributed by atoms with E-state index in [0.717, 1.165) is 16.7 Å². The largest absolute Gasteiger partial charge is 0.477 e. The van der Waals surface area contributed by atoms with Gasteiger partial charge in [0, 0.05) is 42.2 Å². The Balaban J connectivity index is 1.56. The molecule has 0 saturated carbocycles. The monoisotopic (exact) mass is 294 g/mol. The average molecular weight is 294 g/mol. The van der Waals surface area contributed by atoms with E-state index in [1.165, 1.54) is 12.1 Å². The maximum absolute atomic E-state index is 12.8. The number of benzene rings is 1. The first-order valence-corrected chi connectivity index (χ1v) is 7.05. The molecular weight excluding hydrogens is 279 g/mol. The van der Waals surface area contributed by atoms with Crippen LogP contribution in [-0.4, -0.2) is 16.6 Å². The molecule has 0 bridgehead atoms. The molecule has 0 amide bonds. The minimum absolute atomic E-state index is 0.225. The van der Waals surface area contributed by atoms with Crippen molar-refractivity contribution in [1.82, 2.24) is 9.97 Å². The average Bonchev–Trinajstić information content (AvgIpc) is 2.58. The first kappa shape index (κ1) is 14.2. The van der Waals surface area contributed by atoms with Gasteiger partial charge in [-0.25, -0.2) is 9.37 Å². The highest BCUT2D eigenvalue weighted by Crippen LogP contribution is 2.19. The number of ether oxygens (including phenoxy) is 1. The normalized spacial score (nSPS) is 10.4. The fraction of sp³-hybridized carbons (Fsp3) is 0.111. The predicted octanol–water partition coefficient (Wildman–Crippen LogP) is 3.90. The van der Waals surface area contributed by atoms with Crippen molar-refractivity contribution in [2.45, 2.75) is 6.42 Å². The van der Waals surface area contributed by atoms with Gasteiger partial charge in [-0.15, -0.1) is 0 Å². The predicted molar refractivity (Wildman–Crippen MR) is 83.1 cm³/mol. The summed E-state index contributed by atoms with van der Waals surface area (Å²) >= 11 is 0. The molecule has 2 aromatic heterocycles. The topological polar surface area (TPSA) is 35.0 Å². The summed E-state index contributed by atoms with van der Waals surface area (Å²) in [6.45, 7) is 0.505. The van der Waals surface area contributed by atoms with Crippen molar-refractivity contribution in [2.75, 3.05) is 6.61 Å². The first-order chi connectivity index (χ1) is 10.8. The summed E-state index contributed by atoms with van der Waals surface area (Å²) in [6.07, 6.45) is 6.02. The molecule has 0 radical (unpaired) electrons. The van der Waals surface area contributed by atoms with E-state index < -0.39 is 0 Å². The van der Waals surface area contributed by atoms with Gasteiger partial charge in [0.05, 0.1) is 6.61 Å². The molecule has 1 aromatic carbocycles. The molecule has 0 N–H and O–H groups in total. The smallest absolute Gasteiger partial charge is 0.213 e. The van der Waals surface area contributed by atoms with Crippen LogP contribution in [0.2, 0.25) is 0 Å². The molecule has 0 aliphatic rings. The number of rotatable bonds is 5. The Bertz CT molecular complexity index is 712. The SMILES string of the molecule is Fc1ccc(CCOc2ccc(-c3cccnc3)cn2)cc1. The Hall–Kier alpha value is -2.75. The molecule has 2 heterocycles. The maximum atomic E-state index is 12.8. The number of halogens is 1. The molecule has 0 unspecified atom stereocenters. The molecule has 110 valence electrons. The number of hydrogen-bond donors (Lipinski definition) is 0. The Morgan fingerprint density at radius 1 is 0.909 bits per heavy atom. The van der Waals surface area contributed by atoms with Gasteiger partial charge in [0.1, 0.15) is 5.82 Å².